The minimum absolute atomic E-state index is 0.0675. The number of carbonyl (C=O) groups is 1. The molecule has 1 aromatic carbocycles. The Hall–Kier alpha value is -2.73. The first-order valence-electron chi connectivity index (χ1n) is 6.91. The van der Waals surface area contributed by atoms with Gasteiger partial charge in [-0.25, -0.2) is 15.0 Å². The number of rotatable bonds is 4. The number of anilines is 1. The van der Waals surface area contributed by atoms with Crippen LogP contribution >= 0.6 is 11.6 Å². The molecule has 2 heterocycles. The second-order valence-corrected chi connectivity index (χ2v) is 5.21. The van der Waals surface area contributed by atoms with Crippen molar-refractivity contribution in [3.05, 3.63) is 59.2 Å². The van der Waals surface area contributed by atoms with Crippen molar-refractivity contribution in [2.75, 3.05) is 5.32 Å². The van der Waals surface area contributed by atoms with Gasteiger partial charge in [0.15, 0.2) is 0 Å². The predicted molar refractivity (Wildman–Crippen MR) is 86.1 cm³/mol. The van der Waals surface area contributed by atoms with Gasteiger partial charge in [0.25, 0.3) is 0 Å². The molecule has 23 heavy (non-hydrogen) atoms. The summed E-state index contributed by atoms with van der Waals surface area (Å²) in [6.07, 6.45) is 3.18. The highest BCUT2D eigenvalue weighted by atomic mass is 35.5. The molecule has 0 unspecified atom stereocenters. The van der Waals surface area contributed by atoms with E-state index in [0.717, 1.165) is 0 Å². The van der Waals surface area contributed by atoms with Crippen LogP contribution in [0.5, 0.6) is 0 Å². The second-order valence-electron chi connectivity index (χ2n) is 4.80. The monoisotopic (exact) mass is 328 g/mol. The Morgan fingerprint density at radius 2 is 1.96 bits per heavy atom. The van der Waals surface area contributed by atoms with Gasteiger partial charge in [-0.3, -0.25) is 10.1 Å². The van der Waals surface area contributed by atoms with Crippen molar-refractivity contribution >= 4 is 23.5 Å². The van der Waals surface area contributed by atoms with Crippen LogP contribution < -0.4 is 5.32 Å². The van der Waals surface area contributed by atoms with E-state index in [1.165, 1.54) is 0 Å². The minimum atomic E-state index is -0.265. The summed E-state index contributed by atoms with van der Waals surface area (Å²) in [7, 11) is 0. The fraction of sp³-hybridized carbons (Fsp3) is 0.125. The Kier molecular flexibility index (Phi) is 4.34. The number of halogens is 1. The first-order valence-corrected chi connectivity index (χ1v) is 7.29. The van der Waals surface area contributed by atoms with E-state index in [2.05, 4.69) is 20.3 Å². The maximum atomic E-state index is 12.0. The van der Waals surface area contributed by atoms with E-state index in [1.807, 2.05) is 18.2 Å². The van der Waals surface area contributed by atoms with E-state index >= 15 is 0 Å². The molecule has 0 saturated carbocycles. The molecule has 116 valence electrons. The van der Waals surface area contributed by atoms with Crippen molar-refractivity contribution in [2.45, 2.75) is 13.3 Å². The number of oxazole rings is 1. The first-order chi connectivity index (χ1) is 11.1. The van der Waals surface area contributed by atoms with Crippen LogP contribution in [0.15, 0.2) is 47.1 Å². The third-order valence-corrected chi connectivity index (χ3v) is 3.47. The van der Waals surface area contributed by atoms with E-state index in [0.29, 0.717) is 27.9 Å². The van der Waals surface area contributed by atoms with Crippen LogP contribution in [0.1, 0.15) is 11.5 Å². The Labute approximate surface area is 137 Å². The molecule has 0 aliphatic heterocycles. The standard InChI is InChI=1S/C16H13ClN4O2/c1-10-13(9-14(22)21-16-18-7-4-8-19-16)20-15(23-10)11-5-2-3-6-12(11)17/h2-8H,9H2,1H3,(H,18,19,21,22). The third kappa shape index (κ3) is 3.54. The summed E-state index contributed by atoms with van der Waals surface area (Å²) in [6, 6.07) is 8.92. The van der Waals surface area contributed by atoms with Crippen molar-refractivity contribution in [3.8, 4) is 11.5 Å². The number of carbonyl (C=O) groups excluding carboxylic acids is 1. The van der Waals surface area contributed by atoms with Gasteiger partial charge in [-0.15, -0.1) is 0 Å². The van der Waals surface area contributed by atoms with Gasteiger partial charge in [-0.1, -0.05) is 23.7 Å². The highest BCUT2D eigenvalue weighted by Gasteiger charge is 2.16. The smallest absolute Gasteiger partial charge is 0.232 e. The van der Waals surface area contributed by atoms with E-state index in [4.69, 9.17) is 16.0 Å². The number of hydrogen-bond acceptors (Lipinski definition) is 5. The number of hydrogen-bond donors (Lipinski definition) is 1. The van der Waals surface area contributed by atoms with Gasteiger partial charge in [0.1, 0.15) is 5.76 Å². The molecular formula is C16H13ClN4O2. The quantitative estimate of drug-likeness (QED) is 0.795. The molecule has 0 atom stereocenters. The summed E-state index contributed by atoms with van der Waals surface area (Å²) in [5.74, 6) is 0.958. The predicted octanol–water partition coefficient (Wildman–Crippen LogP) is 3.27. The number of aromatic nitrogens is 3. The Bertz CT molecular complexity index is 833. The molecule has 7 heteroatoms. The van der Waals surface area contributed by atoms with Crippen LogP contribution in [0.2, 0.25) is 5.02 Å². The summed E-state index contributed by atoms with van der Waals surface area (Å²) in [5, 5.41) is 3.15. The number of nitrogens with zero attached hydrogens (tertiary/aromatic N) is 3. The maximum Gasteiger partial charge on any atom is 0.232 e. The van der Waals surface area contributed by atoms with E-state index in [-0.39, 0.29) is 18.3 Å². The topological polar surface area (TPSA) is 80.9 Å². The van der Waals surface area contributed by atoms with Gasteiger partial charge in [-0.2, -0.15) is 0 Å². The van der Waals surface area contributed by atoms with Crippen molar-refractivity contribution < 1.29 is 9.21 Å². The molecule has 1 amide bonds. The van der Waals surface area contributed by atoms with Crippen LogP contribution in [0.25, 0.3) is 11.5 Å². The van der Waals surface area contributed by atoms with Crippen LogP contribution in [-0.2, 0) is 11.2 Å². The summed E-state index contributed by atoms with van der Waals surface area (Å²) in [6.45, 7) is 1.76. The fourth-order valence-electron chi connectivity index (χ4n) is 2.03. The third-order valence-electron chi connectivity index (χ3n) is 3.14. The highest BCUT2D eigenvalue weighted by molar-refractivity contribution is 6.33. The maximum absolute atomic E-state index is 12.0. The molecule has 0 aliphatic rings. The van der Waals surface area contributed by atoms with Crippen LogP contribution in [0, 0.1) is 6.92 Å². The number of amides is 1. The van der Waals surface area contributed by atoms with Gasteiger partial charge in [0, 0.05) is 12.4 Å². The molecule has 0 radical (unpaired) electrons. The van der Waals surface area contributed by atoms with Gasteiger partial charge < -0.3 is 4.42 Å². The lowest BCUT2D eigenvalue weighted by atomic mass is 10.2. The zero-order chi connectivity index (χ0) is 16.2. The van der Waals surface area contributed by atoms with Gasteiger partial charge in [0.05, 0.1) is 22.7 Å². The molecule has 0 saturated heterocycles. The fourth-order valence-corrected chi connectivity index (χ4v) is 2.24. The molecule has 6 nitrogen and oxygen atoms in total. The summed E-state index contributed by atoms with van der Waals surface area (Å²) >= 11 is 6.14. The molecule has 3 rings (SSSR count). The molecule has 0 spiro atoms. The number of benzene rings is 1. The Morgan fingerprint density at radius 1 is 1.22 bits per heavy atom. The van der Waals surface area contributed by atoms with E-state index < -0.39 is 0 Å². The van der Waals surface area contributed by atoms with Gasteiger partial charge in [-0.05, 0) is 25.1 Å². The molecule has 0 bridgehead atoms. The molecule has 2 aromatic heterocycles. The molecule has 0 aliphatic carbocycles. The number of nitrogens with one attached hydrogen (secondary N) is 1. The van der Waals surface area contributed by atoms with E-state index in [1.54, 1.807) is 31.5 Å². The van der Waals surface area contributed by atoms with Crippen molar-refractivity contribution in [2.24, 2.45) is 0 Å². The van der Waals surface area contributed by atoms with Crippen LogP contribution in [0.3, 0.4) is 0 Å². The van der Waals surface area contributed by atoms with Crippen LogP contribution in [-0.4, -0.2) is 20.9 Å². The number of aryl methyl sites for hydroxylation is 1. The summed E-state index contributed by atoms with van der Waals surface area (Å²) < 4.78 is 5.63. The lowest BCUT2D eigenvalue weighted by Crippen LogP contribution is -2.16. The largest absolute Gasteiger partial charge is 0.441 e. The normalized spacial score (nSPS) is 10.5. The molecular weight excluding hydrogens is 316 g/mol. The van der Waals surface area contributed by atoms with E-state index in [9.17, 15) is 4.79 Å². The lowest BCUT2D eigenvalue weighted by molar-refractivity contribution is -0.115. The summed E-state index contributed by atoms with van der Waals surface area (Å²) in [4.78, 5) is 24.3. The Morgan fingerprint density at radius 3 is 2.70 bits per heavy atom. The van der Waals surface area contributed by atoms with Crippen molar-refractivity contribution in [3.63, 3.8) is 0 Å². The highest BCUT2D eigenvalue weighted by Crippen LogP contribution is 2.28. The molecule has 0 fully saturated rings. The SMILES string of the molecule is Cc1oc(-c2ccccc2Cl)nc1CC(=O)Nc1ncccn1. The second kappa shape index (κ2) is 6.58. The molecule has 3 aromatic rings. The molecule has 1 N–H and O–H groups in total. The van der Waals surface area contributed by atoms with Gasteiger partial charge >= 0.3 is 0 Å². The first kappa shape index (κ1) is 15.2. The van der Waals surface area contributed by atoms with Crippen LogP contribution in [0.4, 0.5) is 5.95 Å². The zero-order valence-electron chi connectivity index (χ0n) is 12.3. The van der Waals surface area contributed by atoms with Crippen molar-refractivity contribution in [1.29, 1.82) is 0 Å². The average molecular weight is 329 g/mol. The average Bonchev–Trinajstić information content (AvgIpc) is 2.89. The van der Waals surface area contributed by atoms with Crippen molar-refractivity contribution in [1.82, 2.24) is 15.0 Å². The zero-order valence-corrected chi connectivity index (χ0v) is 13.0. The summed E-state index contributed by atoms with van der Waals surface area (Å²) in [5.41, 5.74) is 1.24. The lowest BCUT2D eigenvalue weighted by Gasteiger charge is -2.01. The Balaban J connectivity index is 1.77. The van der Waals surface area contributed by atoms with Gasteiger partial charge in [0.2, 0.25) is 17.7 Å². The minimum Gasteiger partial charge on any atom is -0.441 e.